The van der Waals surface area contributed by atoms with Gasteiger partial charge in [-0.3, -0.25) is 0 Å². The third kappa shape index (κ3) is 4.03. The van der Waals surface area contributed by atoms with Crippen molar-refractivity contribution >= 4 is 20.0 Å². The van der Waals surface area contributed by atoms with Crippen LogP contribution in [0.4, 0.5) is 0 Å². The zero-order chi connectivity index (χ0) is 24.8. The van der Waals surface area contributed by atoms with Crippen LogP contribution in [0.1, 0.15) is 23.1 Å². The predicted octanol–water partition coefficient (Wildman–Crippen LogP) is 4.28. The third-order valence-corrected chi connectivity index (χ3v) is 10.5. The Morgan fingerprint density at radius 2 is 1.31 bits per heavy atom. The Morgan fingerprint density at radius 3 is 1.89 bits per heavy atom. The average Bonchev–Trinajstić information content (AvgIpc) is 3.23. The summed E-state index contributed by atoms with van der Waals surface area (Å²) in [5.41, 5.74) is 1.52. The molecule has 0 amide bonds. The maximum absolute atomic E-state index is 13.9. The molecule has 0 bridgehead atoms. The molecule has 1 spiro atoms. The van der Waals surface area contributed by atoms with Gasteiger partial charge in [-0.2, -0.15) is 3.71 Å². The van der Waals surface area contributed by atoms with Gasteiger partial charge in [-0.15, -0.1) is 0 Å². The van der Waals surface area contributed by atoms with Gasteiger partial charge < -0.3 is 9.47 Å². The van der Waals surface area contributed by atoms with Gasteiger partial charge in [0.05, 0.1) is 28.7 Å². The lowest BCUT2D eigenvalue weighted by Crippen LogP contribution is -2.37. The Bertz CT molecular complexity index is 1440. The molecule has 2 aliphatic rings. The molecule has 3 aromatic carbocycles. The summed E-state index contributed by atoms with van der Waals surface area (Å²) in [5, 5.41) is 0. The molecule has 0 saturated heterocycles. The van der Waals surface area contributed by atoms with Gasteiger partial charge in [0.1, 0.15) is 11.4 Å². The number of rotatable bonds is 5. The van der Waals surface area contributed by atoms with Gasteiger partial charge in [0.25, 0.3) is 20.0 Å². The summed E-state index contributed by atoms with van der Waals surface area (Å²) in [4.78, 5) is -0.235. The van der Waals surface area contributed by atoms with Gasteiger partial charge in [-0.1, -0.05) is 53.6 Å². The number of aryl methyl sites for hydroxylation is 2. The number of hydrogen-bond donors (Lipinski definition) is 0. The number of sulfonamides is 2. The largest absolute Gasteiger partial charge is 0.493 e. The molecule has 7 nitrogen and oxygen atoms in total. The van der Waals surface area contributed by atoms with Crippen LogP contribution >= 0.6 is 0 Å². The molecular weight excluding hydrogens is 486 g/mol. The molecule has 0 aromatic heterocycles. The van der Waals surface area contributed by atoms with Gasteiger partial charge in [-0.05, 0) is 50.3 Å². The van der Waals surface area contributed by atoms with E-state index in [0.29, 0.717) is 22.5 Å². The van der Waals surface area contributed by atoms with Crippen LogP contribution in [-0.4, -0.2) is 33.8 Å². The number of para-hydroxylation sites is 1. The summed E-state index contributed by atoms with van der Waals surface area (Å²) >= 11 is 0. The lowest BCUT2D eigenvalue weighted by atomic mass is 9.88. The number of nitrogens with zero attached hydrogens (tertiary/aromatic N) is 1. The highest BCUT2D eigenvalue weighted by Crippen LogP contribution is 2.46. The number of benzene rings is 3. The van der Waals surface area contributed by atoms with Crippen LogP contribution < -0.4 is 4.74 Å². The van der Waals surface area contributed by atoms with Crippen LogP contribution in [0.5, 0.6) is 5.75 Å². The highest BCUT2D eigenvalue weighted by molar-refractivity contribution is 8.04. The van der Waals surface area contributed by atoms with Crippen LogP contribution in [0.3, 0.4) is 0 Å². The van der Waals surface area contributed by atoms with Crippen molar-refractivity contribution in [3.8, 4) is 5.75 Å². The summed E-state index contributed by atoms with van der Waals surface area (Å²) in [6.07, 6.45) is 2.04. The first-order chi connectivity index (χ1) is 16.6. The standard InChI is InChI=1S/C26H25NO6S2/c1-19-7-11-22(12-8-19)34(28,29)27(35(30,31)23-13-9-20(2)10-14-23)21-17-26(33-18-21)15-16-32-25-6-4-3-5-24(25)26/h3-14,17H,15-16,18H2,1-2H3. The molecule has 0 saturated carbocycles. The van der Waals surface area contributed by atoms with Gasteiger partial charge >= 0.3 is 0 Å². The number of hydrogen-bond acceptors (Lipinski definition) is 6. The van der Waals surface area contributed by atoms with Gasteiger partial charge in [0.2, 0.25) is 0 Å². The first-order valence-electron chi connectivity index (χ1n) is 11.2. The fourth-order valence-corrected chi connectivity index (χ4v) is 8.12. The molecule has 9 heteroatoms. The van der Waals surface area contributed by atoms with Crippen molar-refractivity contribution in [3.63, 3.8) is 0 Å². The molecule has 1 atom stereocenters. The van der Waals surface area contributed by atoms with Crippen LogP contribution in [0.15, 0.2) is 94.4 Å². The van der Waals surface area contributed by atoms with Crippen LogP contribution in [0.2, 0.25) is 0 Å². The van der Waals surface area contributed by atoms with Gasteiger partial charge in [0.15, 0.2) is 0 Å². The summed E-state index contributed by atoms with van der Waals surface area (Å²) in [5.74, 6) is 0.630. The highest BCUT2D eigenvalue weighted by atomic mass is 32.3. The second-order valence-corrected chi connectivity index (χ2v) is 12.5. The van der Waals surface area contributed by atoms with E-state index >= 15 is 0 Å². The monoisotopic (exact) mass is 511 g/mol. The van der Waals surface area contributed by atoms with Crippen LogP contribution in [0, 0.1) is 13.8 Å². The molecule has 0 fully saturated rings. The molecule has 2 aliphatic heterocycles. The van der Waals surface area contributed by atoms with E-state index in [1.165, 1.54) is 24.3 Å². The number of ether oxygens (including phenoxy) is 2. The maximum Gasteiger partial charge on any atom is 0.277 e. The molecule has 1 unspecified atom stereocenters. The van der Waals surface area contributed by atoms with Crippen molar-refractivity contribution in [2.45, 2.75) is 35.7 Å². The smallest absolute Gasteiger partial charge is 0.277 e. The van der Waals surface area contributed by atoms with Gasteiger partial charge in [-0.25, -0.2) is 16.8 Å². The molecule has 0 N–H and O–H groups in total. The van der Waals surface area contributed by atoms with Crippen molar-refractivity contribution in [1.29, 1.82) is 0 Å². The van der Waals surface area contributed by atoms with Crippen molar-refractivity contribution in [2.75, 3.05) is 13.2 Å². The van der Waals surface area contributed by atoms with E-state index < -0.39 is 25.6 Å². The lowest BCUT2D eigenvalue weighted by molar-refractivity contribution is -0.0105. The minimum Gasteiger partial charge on any atom is -0.493 e. The first-order valence-corrected chi connectivity index (χ1v) is 14.0. The zero-order valence-corrected chi connectivity index (χ0v) is 21.0. The van der Waals surface area contributed by atoms with Crippen molar-refractivity contribution in [3.05, 3.63) is 101 Å². The third-order valence-electron chi connectivity index (χ3n) is 6.26. The molecule has 35 heavy (non-hydrogen) atoms. The Balaban J connectivity index is 1.69. The maximum atomic E-state index is 13.9. The molecule has 0 aliphatic carbocycles. The quantitative estimate of drug-likeness (QED) is 0.508. The Hall–Kier alpha value is -3.14. The SMILES string of the molecule is Cc1ccc(S(=O)(=O)N(C2=CC3(CCOc4ccccc43)OC2)S(=O)(=O)c2ccc(C)cc2)cc1. The Kier molecular flexibility index (Phi) is 5.74. The fraction of sp³-hybridized carbons (Fsp3) is 0.231. The van der Waals surface area contributed by atoms with E-state index in [-0.39, 0.29) is 22.1 Å². The molecule has 182 valence electrons. The van der Waals surface area contributed by atoms with Crippen molar-refractivity contribution in [2.24, 2.45) is 0 Å². The Labute approximate surface area is 205 Å². The normalized spacial score (nSPS) is 19.7. The fourth-order valence-electron chi connectivity index (χ4n) is 4.40. The number of fused-ring (bicyclic) bond motifs is 2. The minimum atomic E-state index is -4.48. The molecule has 0 radical (unpaired) electrons. The van der Waals surface area contributed by atoms with Crippen molar-refractivity contribution < 1.29 is 26.3 Å². The summed E-state index contributed by atoms with van der Waals surface area (Å²) in [6.45, 7) is 3.83. The Morgan fingerprint density at radius 1 is 0.771 bits per heavy atom. The second-order valence-electron chi connectivity index (χ2n) is 8.74. The second kappa shape index (κ2) is 8.51. The van der Waals surface area contributed by atoms with E-state index in [0.717, 1.165) is 16.7 Å². The summed E-state index contributed by atoms with van der Waals surface area (Å²) in [6, 6.07) is 19.6. The molecular formula is C26H25NO6S2. The summed E-state index contributed by atoms with van der Waals surface area (Å²) in [7, 11) is -8.97. The minimum absolute atomic E-state index is 0.0443. The van der Waals surface area contributed by atoms with Crippen molar-refractivity contribution in [1.82, 2.24) is 3.71 Å². The van der Waals surface area contributed by atoms with E-state index in [1.807, 2.05) is 38.1 Å². The highest BCUT2D eigenvalue weighted by Gasteiger charge is 2.47. The first kappa shape index (κ1) is 23.6. The topological polar surface area (TPSA) is 90.0 Å². The average molecular weight is 512 g/mol. The lowest BCUT2D eigenvalue weighted by Gasteiger charge is -2.33. The van der Waals surface area contributed by atoms with Crippen LogP contribution in [-0.2, 0) is 30.4 Å². The van der Waals surface area contributed by atoms with Crippen LogP contribution in [0.25, 0.3) is 0 Å². The van der Waals surface area contributed by atoms with E-state index in [2.05, 4.69) is 0 Å². The summed E-state index contributed by atoms with van der Waals surface area (Å²) < 4.78 is 67.9. The zero-order valence-electron chi connectivity index (χ0n) is 19.3. The van der Waals surface area contributed by atoms with Gasteiger partial charge in [0, 0.05) is 12.0 Å². The van der Waals surface area contributed by atoms with E-state index in [9.17, 15) is 16.8 Å². The molecule has 2 heterocycles. The van der Waals surface area contributed by atoms with E-state index in [4.69, 9.17) is 9.47 Å². The predicted molar refractivity (Wildman–Crippen MR) is 131 cm³/mol. The molecule has 5 rings (SSSR count). The van der Waals surface area contributed by atoms with E-state index in [1.54, 1.807) is 30.3 Å². The molecule has 3 aromatic rings.